The van der Waals surface area contributed by atoms with Crippen LogP contribution in [0, 0.1) is 19.3 Å². The molecule has 0 aromatic carbocycles. The number of hydrogen-bond acceptors (Lipinski definition) is 3. The zero-order chi connectivity index (χ0) is 18.4. The van der Waals surface area contributed by atoms with Gasteiger partial charge in [0.1, 0.15) is 11.5 Å². The lowest BCUT2D eigenvalue weighted by Crippen LogP contribution is -2.38. The third-order valence-corrected chi connectivity index (χ3v) is 4.72. The second-order valence-electron chi connectivity index (χ2n) is 7.75. The predicted molar refractivity (Wildman–Crippen MR) is 96.9 cm³/mol. The van der Waals surface area contributed by atoms with Gasteiger partial charge in [-0.05, 0) is 37.3 Å². The summed E-state index contributed by atoms with van der Waals surface area (Å²) in [5, 5.41) is 5.91. The number of aryl methyl sites for hydroxylation is 3. The maximum absolute atomic E-state index is 12.5. The van der Waals surface area contributed by atoms with Crippen molar-refractivity contribution >= 4 is 11.7 Å². The van der Waals surface area contributed by atoms with Crippen LogP contribution in [0.3, 0.4) is 0 Å². The van der Waals surface area contributed by atoms with Crippen LogP contribution in [-0.2, 0) is 13.5 Å². The summed E-state index contributed by atoms with van der Waals surface area (Å²) in [5.74, 6) is 1.82. The minimum Gasteiger partial charge on any atom is -0.466 e. The summed E-state index contributed by atoms with van der Waals surface area (Å²) < 4.78 is 7.26. The van der Waals surface area contributed by atoms with Crippen LogP contribution >= 0.6 is 0 Å². The predicted octanol–water partition coefficient (Wildman–Crippen LogP) is 3.43. The second-order valence-corrected chi connectivity index (χ2v) is 7.75. The molecule has 0 aliphatic heterocycles. The molecule has 1 aliphatic carbocycles. The Hall–Kier alpha value is -2.50. The highest BCUT2D eigenvalue weighted by Gasteiger charge is 2.35. The monoisotopic (exact) mass is 343 g/mol. The first-order chi connectivity index (χ1) is 11.6. The van der Waals surface area contributed by atoms with Crippen LogP contribution in [0.5, 0.6) is 0 Å². The van der Waals surface area contributed by atoms with E-state index in [0.29, 0.717) is 5.69 Å². The number of rotatable bonds is 2. The minimum absolute atomic E-state index is 0.0573. The van der Waals surface area contributed by atoms with Crippen molar-refractivity contribution in [2.75, 3.05) is 5.32 Å². The summed E-state index contributed by atoms with van der Waals surface area (Å²) in [5.41, 5.74) is 2.38. The maximum atomic E-state index is 12.5. The highest BCUT2D eigenvalue weighted by atomic mass is 16.3. The molecular weight excluding hydrogens is 318 g/mol. The standard InChI is InChI=1S/C19H25N3O3/c1-11-6-17(23)22(5)10-15(11)21-18(24)20-14-8-19(3,4)9-16-13(14)7-12(2)25-16/h6-7,10,14H,8-9H2,1-5H3,(H2,20,21,24)/t14-/m0/s1. The van der Waals surface area contributed by atoms with Gasteiger partial charge in [-0.1, -0.05) is 13.8 Å². The van der Waals surface area contributed by atoms with Gasteiger partial charge in [0, 0.05) is 31.3 Å². The van der Waals surface area contributed by atoms with Crippen molar-refractivity contribution in [2.45, 2.75) is 46.6 Å². The number of pyridine rings is 1. The molecule has 2 aromatic rings. The largest absolute Gasteiger partial charge is 0.466 e. The average Bonchev–Trinajstić information content (AvgIpc) is 2.83. The summed E-state index contributed by atoms with van der Waals surface area (Å²) in [4.78, 5) is 24.1. The van der Waals surface area contributed by atoms with Gasteiger partial charge in [0.25, 0.3) is 5.56 Å². The zero-order valence-electron chi connectivity index (χ0n) is 15.4. The Balaban J connectivity index is 1.79. The number of anilines is 1. The second kappa shape index (κ2) is 6.10. The maximum Gasteiger partial charge on any atom is 0.319 e. The lowest BCUT2D eigenvalue weighted by Gasteiger charge is -2.34. The lowest BCUT2D eigenvalue weighted by molar-refractivity contribution is 0.222. The molecule has 1 aliphatic rings. The number of aromatic nitrogens is 1. The van der Waals surface area contributed by atoms with E-state index in [9.17, 15) is 9.59 Å². The highest BCUT2D eigenvalue weighted by molar-refractivity contribution is 5.90. The fourth-order valence-electron chi connectivity index (χ4n) is 3.48. The molecule has 25 heavy (non-hydrogen) atoms. The normalized spacial score (nSPS) is 18.5. The molecule has 134 valence electrons. The Morgan fingerprint density at radius 2 is 2.04 bits per heavy atom. The van der Waals surface area contributed by atoms with Gasteiger partial charge in [0.2, 0.25) is 0 Å². The van der Waals surface area contributed by atoms with E-state index in [1.165, 1.54) is 10.6 Å². The fraction of sp³-hybridized carbons (Fsp3) is 0.474. The first-order valence-corrected chi connectivity index (χ1v) is 8.49. The molecule has 0 radical (unpaired) electrons. The van der Waals surface area contributed by atoms with Gasteiger partial charge >= 0.3 is 6.03 Å². The van der Waals surface area contributed by atoms with Crippen molar-refractivity contribution in [1.82, 2.24) is 9.88 Å². The van der Waals surface area contributed by atoms with Gasteiger partial charge in [-0.3, -0.25) is 4.79 Å². The van der Waals surface area contributed by atoms with Gasteiger partial charge in [0.15, 0.2) is 0 Å². The van der Waals surface area contributed by atoms with E-state index in [0.717, 1.165) is 35.5 Å². The molecule has 0 saturated carbocycles. The first kappa shape index (κ1) is 17.3. The molecule has 0 saturated heterocycles. The SMILES string of the molecule is Cc1cc2c(o1)CC(C)(C)C[C@@H]2NC(=O)Nc1cn(C)c(=O)cc1C. The first-order valence-electron chi connectivity index (χ1n) is 8.49. The van der Waals surface area contributed by atoms with Crippen LogP contribution in [0.25, 0.3) is 0 Å². The summed E-state index contributed by atoms with van der Waals surface area (Å²) in [6.07, 6.45) is 3.35. The molecule has 2 N–H and O–H groups in total. The number of nitrogens with one attached hydrogen (secondary N) is 2. The molecule has 0 unspecified atom stereocenters. The van der Waals surface area contributed by atoms with Crippen LogP contribution in [0.4, 0.5) is 10.5 Å². The van der Waals surface area contributed by atoms with Crippen molar-refractivity contribution in [2.24, 2.45) is 12.5 Å². The Labute approximate surface area is 147 Å². The molecule has 2 amide bonds. The van der Waals surface area contributed by atoms with Crippen molar-refractivity contribution in [3.63, 3.8) is 0 Å². The molecule has 2 heterocycles. The lowest BCUT2D eigenvalue weighted by atomic mass is 9.75. The van der Waals surface area contributed by atoms with E-state index in [-0.39, 0.29) is 23.0 Å². The minimum atomic E-state index is -0.283. The third kappa shape index (κ3) is 3.62. The summed E-state index contributed by atoms with van der Waals surface area (Å²) in [7, 11) is 1.66. The molecule has 0 bridgehead atoms. The van der Waals surface area contributed by atoms with Crippen molar-refractivity contribution in [3.05, 3.63) is 51.3 Å². The fourth-order valence-corrected chi connectivity index (χ4v) is 3.48. The Bertz CT molecular complexity index is 877. The third-order valence-electron chi connectivity index (χ3n) is 4.72. The molecule has 0 spiro atoms. The molecule has 3 rings (SSSR count). The van der Waals surface area contributed by atoms with Crippen molar-refractivity contribution < 1.29 is 9.21 Å². The average molecular weight is 343 g/mol. The molecule has 6 heteroatoms. The number of carbonyl (C=O) groups is 1. The van der Waals surface area contributed by atoms with Crippen LogP contribution in [0.2, 0.25) is 0 Å². The van der Waals surface area contributed by atoms with Crippen LogP contribution < -0.4 is 16.2 Å². The molecule has 0 fully saturated rings. The van der Waals surface area contributed by atoms with Crippen molar-refractivity contribution in [1.29, 1.82) is 0 Å². The van der Waals surface area contributed by atoms with Gasteiger partial charge in [-0.2, -0.15) is 0 Å². The van der Waals surface area contributed by atoms with Crippen LogP contribution in [-0.4, -0.2) is 10.6 Å². The van der Waals surface area contributed by atoms with E-state index in [2.05, 4.69) is 24.5 Å². The topological polar surface area (TPSA) is 76.3 Å². The quantitative estimate of drug-likeness (QED) is 0.877. The highest BCUT2D eigenvalue weighted by Crippen LogP contribution is 2.42. The molecule has 2 aromatic heterocycles. The van der Waals surface area contributed by atoms with Crippen molar-refractivity contribution in [3.8, 4) is 0 Å². The van der Waals surface area contributed by atoms with Crippen LogP contribution in [0.1, 0.15) is 49.0 Å². The number of urea groups is 1. The number of hydrogen-bond donors (Lipinski definition) is 2. The Morgan fingerprint density at radius 3 is 2.76 bits per heavy atom. The van der Waals surface area contributed by atoms with E-state index in [1.807, 2.05) is 13.0 Å². The molecular formula is C19H25N3O3. The van der Waals surface area contributed by atoms with Crippen LogP contribution in [0.15, 0.2) is 27.5 Å². The van der Waals surface area contributed by atoms with E-state index in [1.54, 1.807) is 20.2 Å². The molecule has 1 atom stereocenters. The summed E-state index contributed by atoms with van der Waals surface area (Å²) in [6, 6.07) is 3.14. The van der Waals surface area contributed by atoms with Gasteiger partial charge < -0.3 is 19.6 Å². The summed E-state index contributed by atoms with van der Waals surface area (Å²) in [6.45, 7) is 8.09. The Morgan fingerprint density at radius 1 is 1.32 bits per heavy atom. The molecule has 6 nitrogen and oxygen atoms in total. The summed E-state index contributed by atoms with van der Waals surface area (Å²) >= 11 is 0. The number of fused-ring (bicyclic) bond motifs is 1. The number of nitrogens with zero attached hydrogens (tertiary/aromatic N) is 1. The van der Waals surface area contributed by atoms with E-state index in [4.69, 9.17) is 4.42 Å². The van der Waals surface area contributed by atoms with Gasteiger partial charge in [0.05, 0.1) is 11.7 Å². The number of carbonyl (C=O) groups excluding carboxylic acids is 1. The zero-order valence-corrected chi connectivity index (χ0v) is 15.4. The number of amides is 2. The van der Waals surface area contributed by atoms with Gasteiger partial charge in [-0.25, -0.2) is 4.79 Å². The van der Waals surface area contributed by atoms with Gasteiger partial charge in [-0.15, -0.1) is 0 Å². The van der Waals surface area contributed by atoms with E-state index < -0.39 is 0 Å². The smallest absolute Gasteiger partial charge is 0.319 e. The number of furan rings is 1. The Kier molecular flexibility index (Phi) is 4.22. The van der Waals surface area contributed by atoms with E-state index >= 15 is 0 Å².